The van der Waals surface area contributed by atoms with E-state index < -0.39 is 12.1 Å². The van der Waals surface area contributed by atoms with Gasteiger partial charge in [0, 0.05) is 6.42 Å². The quantitative estimate of drug-likeness (QED) is 0.0488. The Morgan fingerprint density at radius 2 is 1.14 bits per heavy atom. The molecule has 1 unspecified atom stereocenters. The molecule has 3 atom stereocenters. The fourth-order valence-corrected chi connectivity index (χ4v) is 4.83. The van der Waals surface area contributed by atoms with Gasteiger partial charge in [0.1, 0.15) is 0 Å². The summed E-state index contributed by atoms with van der Waals surface area (Å²) < 4.78 is 0. The molecule has 43 heavy (non-hydrogen) atoms. The number of unbranched alkanes of at least 4 members (excludes halogenated alkanes) is 12. The number of aliphatic hydroxyl groups excluding tert-OH is 3. The highest BCUT2D eigenvalue weighted by molar-refractivity contribution is 5.76. The van der Waals surface area contributed by atoms with Gasteiger partial charge in [0.2, 0.25) is 5.91 Å². The van der Waals surface area contributed by atoms with Gasteiger partial charge < -0.3 is 20.6 Å². The first-order valence-corrected chi connectivity index (χ1v) is 17.6. The van der Waals surface area contributed by atoms with Gasteiger partial charge in [0.25, 0.3) is 0 Å². The van der Waals surface area contributed by atoms with Gasteiger partial charge in [-0.05, 0) is 57.8 Å². The average molecular weight is 602 g/mol. The number of hydrogen-bond donors (Lipinski definition) is 4. The molecule has 0 bridgehead atoms. The molecule has 0 heterocycles. The second-order valence-corrected chi connectivity index (χ2v) is 11.8. The minimum atomic E-state index is -0.871. The van der Waals surface area contributed by atoms with Crippen LogP contribution >= 0.6 is 0 Å². The van der Waals surface area contributed by atoms with Crippen LogP contribution in [-0.2, 0) is 4.79 Å². The standard InChI is InChI=1S/C38H67NO4/c1-3-5-6-7-8-9-10-12-16-19-22-25-28-32-37(42)36(34-40)39-38(43)33-29-26-23-20-17-14-11-13-15-18-21-24-27-31-35(41)30-4-2/h11,14-15,18,20,23-24,27-28,32,35-37,40-42H,3-10,12-13,16-17,19,21-22,25-26,29-31,33-34H2,1-2H3,(H,39,43)/b14-11-,18-15-,23-20-,27-24-,32-28+/t35?,36-,37+/m0/s1. The number of rotatable bonds is 30. The van der Waals surface area contributed by atoms with Crippen molar-refractivity contribution in [2.75, 3.05) is 6.61 Å². The van der Waals surface area contributed by atoms with Crippen LogP contribution in [0, 0.1) is 0 Å². The van der Waals surface area contributed by atoms with Crippen molar-refractivity contribution in [2.24, 2.45) is 0 Å². The number of amides is 1. The first-order chi connectivity index (χ1) is 21.0. The lowest BCUT2D eigenvalue weighted by Gasteiger charge is -2.19. The molecule has 0 aliphatic heterocycles. The lowest BCUT2D eigenvalue weighted by Crippen LogP contribution is -2.45. The van der Waals surface area contributed by atoms with Crippen LogP contribution in [0.1, 0.15) is 149 Å². The third-order valence-electron chi connectivity index (χ3n) is 7.55. The zero-order valence-electron chi connectivity index (χ0n) is 27.8. The van der Waals surface area contributed by atoms with E-state index in [9.17, 15) is 20.1 Å². The molecule has 0 fully saturated rings. The highest BCUT2D eigenvalue weighted by Gasteiger charge is 2.17. The summed E-state index contributed by atoms with van der Waals surface area (Å²) in [5.41, 5.74) is 0. The molecule has 1 amide bonds. The van der Waals surface area contributed by atoms with E-state index in [1.54, 1.807) is 6.08 Å². The summed E-state index contributed by atoms with van der Waals surface area (Å²) in [6.45, 7) is 4.06. The van der Waals surface area contributed by atoms with Crippen LogP contribution in [0.3, 0.4) is 0 Å². The predicted molar refractivity (Wildman–Crippen MR) is 185 cm³/mol. The highest BCUT2D eigenvalue weighted by Crippen LogP contribution is 2.12. The largest absolute Gasteiger partial charge is 0.394 e. The number of aliphatic hydroxyl groups is 3. The van der Waals surface area contributed by atoms with Gasteiger partial charge in [0.15, 0.2) is 0 Å². The summed E-state index contributed by atoms with van der Waals surface area (Å²) in [5, 5.41) is 32.5. The normalized spacial score (nSPS) is 14.6. The van der Waals surface area contributed by atoms with E-state index in [0.717, 1.165) is 64.2 Å². The smallest absolute Gasteiger partial charge is 0.220 e. The Kier molecular flexibility index (Phi) is 31.5. The van der Waals surface area contributed by atoms with Gasteiger partial charge in [-0.15, -0.1) is 0 Å². The number of allylic oxidation sites excluding steroid dienone is 8. The van der Waals surface area contributed by atoms with Crippen molar-refractivity contribution in [3.05, 3.63) is 60.8 Å². The Balaban J connectivity index is 3.82. The number of nitrogens with one attached hydrogen (secondary N) is 1. The van der Waals surface area contributed by atoms with Crippen molar-refractivity contribution in [3.8, 4) is 0 Å². The fourth-order valence-electron chi connectivity index (χ4n) is 4.83. The second-order valence-electron chi connectivity index (χ2n) is 11.8. The van der Waals surface area contributed by atoms with Gasteiger partial charge in [-0.2, -0.15) is 0 Å². The topological polar surface area (TPSA) is 89.8 Å². The molecule has 248 valence electrons. The van der Waals surface area contributed by atoms with Crippen molar-refractivity contribution in [1.29, 1.82) is 0 Å². The van der Waals surface area contributed by atoms with Crippen LogP contribution < -0.4 is 5.32 Å². The number of carbonyl (C=O) groups excluding carboxylic acids is 1. The van der Waals surface area contributed by atoms with Gasteiger partial charge in [-0.3, -0.25) is 4.79 Å². The van der Waals surface area contributed by atoms with Crippen molar-refractivity contribution >= 4 is 5.91 Å². The first kappa shape index (κ1) is 41.0. The Morgan fingerprint density at radius 1 is 0.628 bits per heavy atom. The lowest BCUT2D eigenvalue weighted by molar-refractivity contribution is -0.122. The number of carbonyl (C=O) groups is 1. The molecule has 0 aliphatic rings. The molecule has 0 aliphatic carbocycles. The van der Waals surface area contributed by atoms with E-state index in [2.05, 4.69) is 67.8 Å². The molecule has 4 N–H and O–H groups in total. The molecule has 0 spiro atoms. The van der Waals surface area contributed by atoms with E-state index >= 15 is 0 Å². The molecule has 0 radical (unpaired) electrons. The summed E-state index contributed by atoms with van der Waals surface area (Å²) in [6, 6.07) is -0.662. The maximum Gasteiger partial charge on any atom is 0.220 e. The minimum absolute atomic E-state index is 0.135. The molecular weight excluding hydrogens is 534 g/mol. The minimum Gasteiger partial charge on any atom is -0.394 e. The van der Waals surface area contributed by atoms with Crippen molar-refractivity contribution in [1.82, 2.24) is 5.32 Å². The first-order valence-electron chi connectivity index (χ1n) is 17.6. The van der Waals surface area contributed by atoms with Crippen molar-refractivity contribution < 1.29 is 20.1 Å². The Hall–Kier alpha value is -1.95. The van der Waals surface area contributed by atoms with Crippen LogP contribution in [0.5, 0.6) is 0 Å². The Morgan fingerprint density at radius 3 is 1.70 bits per heavy atom. The van der Waals surface area contributed by atoms with E-state index in [4.69, 9.17) is 0 Å². The Labute approximate surface area is 265 Å². The zero-order valence-corrected chi connectivity index (χ0v) is 27.8. The molecule has 0 rings (SSSR count). The summed E-state index contributed by atoms with van der Waals surface area (Å²) >= 11 is 0. The summed E-state index contributed by atoms with van der Waals surface area (Å²) in [6.07, 6.45) is 42.2. The summed E-state index contributed by atoms with van der Waals surface area (Å²) in [5.74, 6) is -0.135. The Bertz CT molecular complexity index is 755. The third-order valence-corrected chi connectivity index (χ3v) is 7.55. The summed E-state index contributed by atoms with van der Waals surface area (Å²) in [7, 11) is 0. The van der Waals surface area contributed by atoms with Crippen molar-refractivity contribution in [2.45, 2.75) is 167 Å². The van der Waals surface area contributed by atoms with Crippen LogP contribution in [0.15, 0.2) is 60.8 Å². The summed E-state index contributed by atoms with van der Waals surface area (Å²) in [4.78, 5) is 12.3. The maximum atomic E-state index is 12.3. The number of hydrogen-bond acceptors (Lipinski definition) is 4. The van der Waals surface area contributed by atoms with Gasteiger partial charge in [-0.25, -0.2) is 0 Å². The molecule has 0 aromatic heterocycles. The molecule has 5 nitrogen and oxygen atoms in total. The molecule has 0 aromatic carbocycles. The van der Waals surface area contributed by atoms with Crippen LogP contribution in [0.4, 0.5) is 0 Å². The van der Waals surface area contributed by atoms with Crippen LogP contribution in [-0.4, -0.2) is 46.1 Å². The van der Waals surface area contributed by atoms with Crippen LogP contribution in [0.2, 0.25) is 0 Å². The highest BCUT2D eigenvalue weighted by atomic mass is 16.3. The van der Waals surface area contributed by atoms with Gasteiger partial charge in [0.05, 0.1) is 24.9 Å². The van der Waals surface area contributed by atoms with E-state index in [-0.39, 0.29) is 18.6 Å². The van der Waals surface area contributed by atoms with Crippen molar-refractivity contribution in [3.63, 3.8) is 0 Å². The second kappa shape index (κ2) is 33.0. The third kappa shape index (κ3) is 29.9. The molecule has 0 saturated carbocycles. The maximum absolute atomic E-state index is 12.3. The van der Waals surface area contributed by atoms with Gasteiger partial charge >= 0.3 is 0 Å². The van der Waals surface area contributed by atoms with Gasteiger partial charge in [-0.1, -0.05) is 145 Å². The van der Waals surface area contributed by atoms with E-state index in [0.29, 0.717) is 6.42 Å². The molecular formula is C38H67NO4. The lowest BCUT2D eigenvalue weighted by atomic mass is 10.0. The monoisotopic (exact) mass is 602 g/mol. The zero-order chi connectivity index (χ0) is 31.6. The predicted octanol–water partition coefficient (Wildman–Crippen LogP) is 9.20. The van der Waals surface area contributed by atoms with E-state index in [1.165, 1.54) is 64.2 Å². The van der Waals surface area contributed by atoms with Crippen LogP contribution in [0.25, 0.3) is 0 Å². The fraction of sp³-hybridized carbons (Fsp3) is 0.711. The SMILES string of the molecule is CCCCCCCCCCCCC/C=C/[C@@H](O)[C@H](CO)NC(=O)CCC/C=C\C/C=C\C/C=C\C/C=C\CC(O)CCC. The average Bonchev–Trinajstić information content (AvgIpc) is 3.00. The molecule has 0 aromatic rings. The van der Waals surface area contributed by atoms with E-state index in [1.807, 2.05) is 6.08 Å². The molecule has 5 heteroatoms. The molecule has 0 saturated heterocycles.